The molecule has 0 heterocycles. The van der Waals surface area contributed by atoms with Crippen LogP contribution in [0.2, 0.25) is 0 Å². The van der Waals surface area contributed by atoms with E-state index in [2.05, 4.69) is 6.92 Å². The summed E-state index contributed by atoms with van der Waals surface area (Å²) < 4.78 is 0. The van der Waals surface area contributed by atoms with Crippen molar-refractivity contribution in [3.05, 3.63) is 0 Å². The smallest absolute Gasteiger partial charge is 0.139 e. The minimum atomic E-state index is -0.328. The molecule has 3 unspecified atom stereocenters. The topological polar surface area (TPSA) is 37.3 Å². The van der Waals surface area contributed by atoms with Crippen molar-refractivity contribution in [1.82, 2.24) is 0 Å². The second-order valence-corrected chi connectivity index (χ2v) is 4.04. The standard InChI is InChI=1S/C8H12O2/c1-8-2-5(6(9)3-8)7(10)4-8/h5-6,9H,2-4H2,1H3. The van der Waals surface area contributed by atoms with Gasteiger partial charge in [-0.2, -0.15) is 0 Å². The molecule has 0 amide bonds. The van der Waals surface area contributed by atoms with Gasteiger partial charge in [0.2, 0.25) is 0 Å². The molecule has 2 nitrogen and oxygen atoms in total. The monoisotopic (exact) mass is 140 g/mol. The van der Waals surface area contributed by atoms with Gasteiger partial charge in [-0.05, 0) is 18.3 Å². The molecule has 0 aromatic rings. The van der Waals surface area contributed by atoms with Crippen LogP contribution in [0, 0.1) is 11.3 Å². The molecule has 0 radical (unpaired) electrons. The van der Waals surface area contributed by atoms with E-state index in [1.807, 2.05) is 0 Å². The molecule has 0 aromatic carbocycles. The van der Waals surface area contributed by atoms with Crippen LogP contribution in [-0.4, -0.2) is 17.0 Å². The van der Waals surface area contributed by atoms with Gasteiger partial charge in [-0.3, -0.25) is 4.79 Å². The molecule has 2 rings (SSSR count). The zero-order chi connectivity index (χ0) is 7.35. The molecule has 10 heavy (non-hydrogen) atoms. The van der Waals surface area contributed by atoms with Crippen molar-refractivity contribution in [1.29, 1.82) is 0 Å². The third kappa shape index (κ3) is 0.655. The lowest BCUT2D eigenvalue weighted by molar-refractivity contribution is -0.125. The van der Waals surface area contributed by atoms with Crippen molar-refractivity contribution in [2.75, 3.05) is 0 Å². The summed E-state index contributed by atoms with van der Waals surface area (Å²) in [6.45, 7) is 2.10. The SMILES string of the molecule is CC12CC(=O)C(C1)C(O)C2. The molecule has 0 aromatic heterocycles. The third-order valence-corrected chi connectivity index (χ3v) is 2.89. The van der Waals surface area contributed by atoms with Crippen molar-refractivity contribution in [2.45, 2.75) is 32.3 Å². The van der Waals surface area contributed by atoms with E-state index in [0.29, 0.717) is 6.42 Å². The van der Waals surface area contributed by atoms with Crippen LogP contribution >= 0.6 is 0 Å². The van der Waals surface area contributed by atoms with Gasteiger partial charge in [0.25, 0.3) is 0 Å². The summed E-state index contributed by atoms with van der Waals surface area (Å²) in [6.07, 6.45) is 2.14. The number of aliphatic hydroxyl groups is 1. The number of Topliss-reactive ketones (excluding diaryl/α,β-unsaturated/α-hetero) is 1. The number of carbonyl (C=O) groups excluding carboxylic acids is 1. The lowest BCUT2D eigenvalue weighted by Gasteiger charge is -2.21. The van der Waals surface area contributed by atoms with E-state index in [9.17, 15) is 9.90 Å². The van der Waals surface area contributed by atoms with E-state index in [-0.39, 0.29) is 23.2 Å². The maximum absolute atomic E-state index is 11.1. The molecule has 0 spiro atoms. The molecule has 56 valence electrons. The van der Waals surface area contributed by atoms with Crippen molar-refractivity contribution < 1.29 is 9.90 Å². The molecule has 2 bridgehead atoms. The Hall–Kier alpha value is -0.370. The number of hydrogen-bond donors (Lipinski definition) is 1. The molecule has 0 aliphatic heterocycles. The van der Waals surface area contributed by atoms with Crippen LogP contribution in [0.3, 0.4) is 0 Å². The molecule has 1 N–H and O–H groups in total. The van der Waals surface area contributed by atoms with Gasteiger partial charge in [0.15, 0.2) is 0 Å². The Labute approximate surface area is 60.2 Å². The molecular weight excluding hydrogens is 128 g/mol. The largest absolute Gasteiger partial charge is 0.392 e. The summed E-state index contributed by atoms with van der Waals surface area (Å²) in [4.78, 5) is 11.1. The highest BCUT2D eigenvalue weighted by Gasteiger charge is 2.52. The molecule has 2 heteroatoms. The fourth-order valence-corrected chi connectivity index (χ4v) is 2.42. The molecule has 2 aliphatic rings. The van der Waals surface area contributed by atoms with Gasteiger partial charge in [0.05, 0.1) is 6.10 Å². The number of rotatable bonds is 0. The van der Waals surface area contributed by atoms with Crippen LogP contribution in [0.5, 0.6) is 0 Å². The Morgan fingerprint density at radius 2 is 2.30 bits per heavy atom. The first-order valence-electron chi connectivity index (χ1n) is 3.82. The van der Waals surface area contributed by atoms with Gasteiger partial charge in [0, 0.05) is 12.3 Å². The lowest BCUT2D eigenvalue weighted by Crippen LogP contribution is -2.26. The number of carbonyl (C=O) groups is 1. The first-order chi connectivity index (χ1) is 4.61. The highest BCUT2D eigenvalue weighted by Crippen LogP contribution is 2.51. The number of ketones is 1. The summed E-state index contributed by atoms with van der Waals surface area (Å²) in [5.41, 5.74) is 0.154. The third-order valence-electron chi connectivity index (χ3n) is 2.89. The second kappa shape index (κ2) is 1.62. The average molecular weight is 140 g/mol. The summed E-state index contributed by atoms with van der Waals surface area (Å²) >= 11 is 0. The van der Waals surface area contributed by atoms with Crippen molar-refractivity contribution in [3.8, 4) is 0 Å². The average Bonchev–Trinajstić information content (AvgIpc) is 2.17. The van der Waals surface area contributed by atoms with Crippen LogP contribution in [0.15, 0.2) is 0 Å². The van der Waals surface area contributed by atoms with Crippen LogP contribution in [0.25, 0.3) is 0 Å². The fourth-order valence-electron chi connectivity index (χ4n) is 2.42. The van der Waals surface area contributed by atoms with E-state index in [1.165, 1.54) is 0 Å². The highest BCUT2D eigenvalue weighted by atomic mass is 16.3. The minimum Gasteiger partial charge on any atom is -0.392 e. The molecule has 2 aliphatic carbocycles. The Morgan fingerprint density at radius 1 is 1.60 bits per heavy atom. The Morgan fingerprint density at radius 3 is 2.60 bits per heavy atom. The molecule has 2 fully saturated rings. The van der Waals surface area contributed by atoms with Gasteiger partial charge in [-0.25, -0.2) is 0 Å². The van der Waals surface area contributed by atoms with E-state index < -0.39 is 0 Å². The van der Waals surface area contributed by atoms with Crippen LogP contribution in [0.1, 0.15) is 26.2 Å². The summed E-state index contributed by atoms with van der Waals surface area (Å²) in [5, 5.41) is 9.33. The Bertz CT molecular complexity index is 188. The maximum Gasteiger partial charge on any atom is 0.139 e. The molecular formula is C8H12O2. The highest BCUT2D eigenvalue weighted by molar-refractivity contribution is 5.85. The molecule has 0 saturated heterocycles. The predicted molar refractivity (Wildman–Crippen MR) is 36.5 cm³/mol. The number of fused-ring (bicyclic) bond motifs is 2. The number of hydrogen-bond acceptors (Lipinski definition) is 2. The van der Waals surface area contributed by atoms with Crippen molar-refractivity contribution in [3.63, 3.8) is 0 Å². The normalized spacial score (nSPS) is 52.4. The second-order valence-electron chi connectivity index (χ2n) is 4.04. The predicted octanol–water partition coefficient (Wildman–Crippen LogP) is 0.736. The van der Waals surface area contributed by atoms with E-state index in [1.54, 1.807) is 0 Å². The summed E-state index contributed by atoms with van der Waals surface area (Å²) in [6, 6.07) is 0. The fraction of sp³-hybridized carbons (Fsp3) is 0.875. The van der Waals surface area contributed by atoms with Crippen molar-refractivity contribution in [2.24, 2.45) is 11.3 Å². The zero-order valence-corrected chi connectivity index (χ0v) is 6.13. The van der Waals surface area contributed by atoms with Gasteiger partial charge in [0.1, 0.15) is 5.78 Å². The Balaban J connectivity index is 2.29. The van der Waals surface area contributed by atoms with Crippen LogP contribution < -0.4 is 0 Å². The van der Waals surface area contributed by atoms with E-state index in [4.69, 9.17) is 0 Å². The lowest BCUT2D eigenvalue weighted by atomic mass is 9.85. The summed E-state index contributed by atoms with van der Waals surface area (Å²) in [7, 11) is 0. The molecule has 3 atom stereocenters. The maximum atomic E-state index is 11.1. The van der Waals surface area contributed by atoms with E-state index in [0.717, 1.165) is 12.8 Å². The zero-order valence-electron chi connectivity index (χ0n) is 6.13. The van der Waals surface area contributed by atoms with Crippen LogP contribution in [-0.2, 0) is 4.79 Å². The van der Waals surface area contributed by atoms with Gasteiger partial charge >= 0.3 is 0 Å². The minimum absolute atomic E-state index is 0.00926. The first kappa shape index (κ1) is 6.35. The van der Waals surface area contributed by atoms with Crippen molar-refractivity contribution >= 4 is 5.78 Å². The quantitative estimate of drug-likeness (QED) is 0.538. The van der Waals surface area contributed by atoms with E-state index >= 15 is 0 Å². The summed E-state index contributed by atoms with van der Waals surface area (Å²) in [5.74, 6) is 0.270. The van der Waals surface area contributed by atoms with Gasteiger partial charge in [-0.1, -0.05) is 6.92 Å². The van der Waals surface area contributed by atoms with Gasteiger partial charge in [-0.15, -0.1) is 0 Å². The first-order valence-corrected chi connectivity index (χ1v) is 3.82. The molecule has 2 saturated carbocycles. The number of aliphatic hydroxyl groups excluding tert-OH is 1. The van der Waals surface area contributed by atoms with Gasteiger partial charge < -0.3 is 5.11 Å². The van der Waals surface area contributed by atoms with Crippen LogP contribution in [0.4, 0.5) is 0 Å². The Kier molecular flexibility index (Phi) is 1.03.